The lowest BCUT2D eigenvalue weighted by atomic mass is 9.94. The second-order valence-electron chi connectivity index (χ2n) is 9.22. The topological polar surface area (TPSA) is 13.0 Å². The van der Waals surface area contributed by atoms with E-state index in [1.54, 1.807) is 0 Å². The summed E-state index contributed by atoms with van der Waals surface area (Å²) in [6.07, 6.45) is 11.3. The molecule has 1 atom stereocenters. The predicted molar refractivity (Wildman–Crippen MR) is 124 cm³/mol. The van der Waals surface area contributed by atoms with Crippen LogP contribution in [-0.2, 0) is 0 Å². The SMILES string of the molecule is CC(C)N(C)[P+](N(C)CC1CC/C=C\CCC1)(N(C)C(C)C)N(C)C(C)C. The molecule has 0 saturated heterocycles. The molecule has 0 radical (unpaired) electrons. The minimum Gasteiger partial charge on any atom is -0.136 e. The van der Waals surface area contributed by atoms with Crippen LogP contribution in [0.4, 0.5) is 0 Å². The summed E-state index contributed by atoms with van der Waals surface area (Å²) in [5.74, 6) is 0.793. The fourth-order valence-electron chi connectivity index (χ4n) is 4.22. The number of nitrogens with zero attached hydrogens (tertiary/aromatic N) is 4. The Morgan fingerprint density at radius 2 is 1.19 bits per heavy atom. The van der Waals surface area contributed by atoms with Crippen molar-refractivity contribution in [3.8, 4) is 0 Å². The first kappa shape index (κ1) is 25.0. The summed E-state index contributed by atoms with van der Waals surface area (Å²) in [7, 11) is 7.61. The molecule has 5 heteroatoms. The summed E-state index contributed by atoms with van der Waals surface area (Å²) in [5, 5.41) is 0. The zero-order valence-electron chi connectivity index (χ0n) is 19.9. The third-order valence-electron chi connectivity index (χ3n) is 6.38. The van der Waals surface area contributed by atoms with E-state index < -0.39 is 7.87 Å². The molecule has 0 aromatic heterocycles. The van der Waals surface area contributed by atoms with Gasteiger partial charge >= 0.3 is 7.87 Å². The number of allylic oxidation sites excluding steroid dienone is 2. The second kappa shape index (κ2) is 11.3. The van der Waals surface area contributed by atoms with Crippen LogP contribution >= 0.6 is 7.87 Å². The van der Waals surface area contributed by atoms with E-state index in [4.69, 9.17) is 0 Å². The zero-order valence-corrected chi connectivity index (χ0v) is 20.8. The van der Waals surface area contributed by atoms with E-state index >= 15 is 0 Å². The highest BCUT2D eigenvalue weighted by atomic mass is 31.2. The lowest BCUT2D eigenvalue weighted by molar-refractivity contribution is 0.227. The van der Waals surface area contributed by atoms with E-state index in [0.29, 0.717) is 18.1 Å². The molecule has 160 valence electrons. The van der Waals surface area contributed by atoms with Gasteiger partial charge in [0.05, 0.1) is 0 Å². The Bertz CT molecular complexity index is 414. The van der Waals surface area contributed by atoms with Gasteiger partial charge < -0.3 is 0 Å². The highest BCUT2D eigenvalue weighted by Crippen LogP contribution is 2.69. The molecule has 1 aliphatic rings. The van der Waals surface area contributed by atoms with Gasteiger partial charge in [0.1, 0.15) is 0 Å². The van der Waals surface area contributed by atoms with Gasteiger partial charge in [-0.1, -0.05) is 12.2 Å². The van der Waals surface area contributed by atoms with Crippen molar-refractivity contribution >= 4 is 7.87 Å². The molecule has 0 heterocycles. The molecule has 0 amide bonds. The predicted octanol–water partition coefficient (Wildman–Crippen LogP) is 5.75. The van der Waals surface area contributed by atoms with Gasteiger partial charge in [-0.25, -0.2) is 0 Å². The molecule has 4 nitrogen and oxygen atoms in total. The van der Waals surface area contributed by atoms with Gasteiger partial charge in [-0.05, 0) is 79.6 Å². The Morgan fingerprint density at radius 3 is 1.63 bits per heavy atom. The molecule has 27 heavy (non-hydrogen) atoms. The van der Waals surface area contributed by atoms with Gasteiger partial charge in [0.25, 0.3) is 0 Å². The molecule has 0 spiro atoms. The number of hydrogen-bond donors (Lipinski definition) is 0. The Kier molecular flexibility index (Phi) is 10.4. The first-order valence-electron chi connectivity index (χ1n) is 11.0. The lowest BCUT2D eigenvalue weighted by Gasteiger charge is -2.51. The Balaban J connectivity index is 3.28. The average Bonchev–Trinajstić information content (AvgIpc) is 2.56. The molecule has 0 bridgehead atoms. The summed E-state index contributed by atoms with van der Waals surface area (Å²) in [4.78, 5) is 0. The maximum absolute atomic E-state index is 2.74. The van der Waals surface area contributed by atoms with E-state index in [2.05, 4.69) is 101 Å². The Labute approximate surface area is 171 Å². The van der Waals surface area contributed by atoms with Gasteiger partial charge in [0.2, 0.25) is 0 Å². The molecule has 0 N–H and O–H groups in total. The maximum atomic E-state index is 2.74. The Hall–Kier alpha value is 0.0100. The van der Waals surface area contributed by atoms with Gasteiger partial charge in [0.15, 0.2) is 0 Å². The van der Waals surface area contributed by atoms with Crippen LogP contribution in [0.1, 0.15) is 73.6 Å². The van der Waals surface area contributed by atoms with Crippen LogP contribution in [0, 0.1) is 5.92 Å². The molecule has 0 aromatic carbocycles. The minimum atomic E-state index is -1.81. The van der Waals surface area contributed by atoms with Crippen LogP contribution in [0.2, 0.25) is 0 Å². The van der Waals surface area contributed by atoms with Crippen molar-refractivity contribution in [2.75, 3.05) is 34.7 Å². The van der Waals surface area contributed by atoms with Crippen molar-refractivity contribution in [2.45, 2.75) is 91.8 Å². The molecule has 0 fully saturated rings. The van der Waals surface area contributed by atoms with E-state index in [9.17, 15) is 0 Å². The summed E-state index contributed by atoms with van der Waals surface area (Å²) >= 11 is 0. The normalized spacial score (nSPS) is 21.1. The maximum Gasteiger partial charge on any atom is 0.308 e. The quantitative estimate of drug-likeness (QED) is 0.361. The average molecular weight is 400 g/mol. The monoisotopic (exact) mass is 399 g/mol. The standard InChI is InChI=1S/C22H48N4P/c1-19(2)24(8)27(25(9)20(3)4,26(10)21(5)6)23(7)18-22-16-14-12-11-13-15-17-22/h11-12,19-22H,13-18H2,1-10H3/q+1/b12-11-. The Morgan fingerprint density at radius 1 is 0.741 bits per heavy atom. The molecule has 1 rings (SSSR count). The van der Waals surface area contributed by atoms with Crippen molar-refractivity contribution in [1.82, 2.24) is 18.7 Å². The summed E-state index contributed by atoms with van der Waals surface area (Å²) in [5.41, 5.74) is 0. The van der Waals surface area contributed by atoms with E-state index in [0.717, 1.165) is 5.92 Å². The van der Waals surface area contributed by atoms with Crippen LogP contribution in [0.3, 0.4) is 0 Å². The molecule has 0 aromatic rings. The van der Waals surface area contributed by atoms with Gasteiger partial charge in [-0.15, -0.1) is 18.7 Å². The van der Waals surface area contributed by atoms with Crippen molar-refractivity contribution in [3.05, 3.63) is 12.2 Å². The lowest BCUT2D eigenvalue weighted by Crippen LogP contribution is -2.54. The van der Waals surface area contributed by atoms with Crippen molar-refractivity contribution < 1.29 is 0 Å². The molecule has 1 aliphatic carbocycles. The van der Waals surface area contributed by atoms with Crippen molar-refractivity contribution in [2.24, 2.45) is 5.92 Å². The summed E-state index contributed by atoms with van der Waals surface area (Å²) < 4.78 is 10.7. The molecule has 1 unspecified atom stereocenters. The molecular formula is C22H48N4P+. The number of rotatable bonds is 9. The number of hydrogen-bond acceptors (Lipinski definition) is 4. The van der Waals surface area contributed by atoms with Crippen LogP contribution in [0.15, 0.2) is 12.2 Å². The van der Waals surface area contributed by atoms with Gasteiger partial charge in [-0.2, -0.15) is 0 Å². The minimum absolute atomic E-state index is 0.503. The molecule has 0 aliphatic heterocycles. The van der Waals surface area contributed by atoms with Crippen LogP contribution in [0.25, 0.3) is 0 Å². The van der Waals surface area contributed by atoms with Crippen LogP contribution < -0.4 is 0 Å². The zero-order chi connectivity index (χ0) is 20.8. The van der Waals surface area contributed by atoms with Gasteiger partial charge in [-0.3, -0.25) is 0 Å². The van der Waals surface area contributed by atoms with E-state index in [1.807, 2.05) is 0 Å². The largest absolute Gasteiger partial charge is 0.308 e. The summed E-state index contributed by atoms with van der Waals surface area (Å²) in [6, 6.07) is 1.51. The second-order valence-corrected chi connectivity index (χ2v) is 12.9. The third-order valence-corrected chi connectivity index (χ3v) is 11.4. The van der Waals surface area contributed by atoms with E-state index in [1.165, 1.54) is 38.6 Å². The third kappa shape index (κ3) is 6.00. The van der Waals surface area contributed by atoms with Gasteiger partial charge in [0, 0.05) is 52.9 Å². The highest BCUT2D eigenvalue weighted by molar-refractivity contribution is 7.66. The molecular weight excluding hydrogens is 351 g/mol. The van der Waals surface area contributed by atoms with Crippen molar-refractivity contribution in [3.63, 3.8) is 0 Å². The first-order valence-corrected chi connectivity index (χ1v) is 12.6. The first-order chi connectivity index (χ1) is 12.6. The smallest absolute Gasteiger partial charge is 0.136 e. The van der Waals surface area contributed by atoms with Crippen LogP contribution in [-0.4, -0.2) is 71.5 Å². The highest BCUT2D eigenvalue weighted by Gasteiger charge is 2.59. The fourth-order valence-corrected chi connectivity index (χ4v) is 9.31. The van der Waals surface area contributed by atoms with Crippen molar-refractivity contribution in [1.29, 1.82) is 0 Å². The fraction of sp³-hybridized carbons (Fsp3) is 0.909. The van der Waals surface area contributed by atoms with Crippen LogP contribution in [0.5, 0.6) is 0 Å². The summed E-state index contributed by atoms with van der Waals surface area (Å²) in [6.45, 7) is 15.2. The molecule has 0 saturated carbocycles. The van der Waals surface area contributed by atoms with E-state index in [-0.39, 0.29) is 0 Å².